The number of fused-ring (bicyclic) bond motifs is 1. The van der Waals surface area contributed by atoms with Crippen LogP contribution in [-0.4, -0.2) is 42.5 Å². The molecule has 0 saturated carbocycles. The van der Waals surface area contributed by atoms with Crippen molar-refractivity contribution in [2.75, 3.05) is 26.2 Å². The first kappa shape index (κ1) is 24.6. The number of hydrogen-bond acceptors (Lipinski definition) is 3. The normalized spacial score (nSPS) is 17.6. The third kappa shape index (κ3) is 5.35. The smallest absolute Gasteiger partial charge is 0.241 e. The summed E-state index contributed by atoms with van der Waals surface area (Å²) in [5.41, 5.74) is 3.21. The zero-order valence-electron chi connectivity index (χ0n) is 15.9. The second-order valence-electron chi connectivity index (χ2n) is 7.35. The Morgan fingerprint density at radius 2 is 1.55 bits per heavy atom. The molecule has 0 unspecified atom stereocenters. The van der Waals surface area contributed by atoms with Crippen molar-refractivity contribution in [2.45, 2.75) is 24.9 Å². The minimum absolute atomic E-state index is 0. The highest BCUT2D eigenvalue weighted by molar-refractivity contribution is 9.11. The van der Waals surface area contributed by atoms with Crippen LogP contribution in [0.4, 0.5) is 0 Å². The first-order chi connectivity index (χ1) is 13.1. The SMILES string of the molecule is Cl.Cl.O=C(NCc1cc(Br)cc(Br)c1)C1(N2CCNCC2)Cc2ccccc2C1. The van der Waals surface area contributed by atoms with Crippen LogP contribution in [-0.2, 0) is 24.2 Å². The van der Waals surface area contributed by atoms with E-state index < -0.39 is 5.54 Å². The van der Waals surface area contributed by atoms with Crippen LogP contribution >= 0.6 is 56.7 Å². The van der Waals surface area contributed by atoms with Gasteiger partial charge in [0.25, 0.3) is 0 Å². The molecule has 1 saturated heterocycles. The van der Waals surface area contributed by atoms with Crippen molar-refractivity contribution in [1.29, 1.82) is 0 Å². The molecule has 29 heavy (non-hydrogen) atoms. The molecule has 0 atom stereocenters. The maximum absolute atomic E-state index is 13.5. The Bertz CT molecular complexity index is 814. The molecule has 0 bridgehead atoms. The molecule has 2 aliphatic rings. The summed E-state index contributed by atoms with van der Waals surface area (Å²) in [5.74, 6) is 0.136. The second-order valence-corrected chi connectivity index (χ2v) is 9.18. The number of hydrogen-bond donors (Lipinski definition) is 2. The molecular weight excluding hydrogens is 541 g/mol. The Balaban J connectivity index is 0.00000150. The topological polar surface area (TPSA) is 44.4 Å². The van der Waals surface area contributed by atoms with Crippen molar-refractivity contribution >= 4 is 62.6 Å². The number of amides is 1. The van der Waals surface area contributed by atoms with E-state index in [-0.39, 0.29) is 30.7 Å². The Kier molecular flexibility index (Phi) is 9.01. The van der Waals surface area contributed by atoms with Gasteiger partial charge in [0.2, 0.25) is 5.91 Å². The van der Waals surface area contributed by atoms with Crippen molar-refractivity contribution in [1.82, 2.24) is 15.5 Å². The van der Waals surface area contributed by atoms with Crippen LogP contribution in [0.25, 0.3) is 0 Å². The number of carbonyl (C=O) groups excluding carboxylic acids is 1. The summed E-state index contributed by atoms with van der Waals surface area (Å²) in [7, 11) is 0. The predicted molar refractivity (Wildman–Crippen MR) is 129 cm³/mol. The molecule has 4 nitrogen and oxygen atoms in total. The largest absolute Gasteiger partial charge is 0.350 e. The summed E-state index contributed by atoms with van der Waals surface area (Å²) >= 11 is 7.04. The molecule has 0 spiro atoms. The lowest BCUT2D eigenvalue weighted by Crippen LogP contribution is -2.63. The first-order valence-corrected chi connectivity index (χ1v) is 10.9. The van der Waals surface area contributed by atoms with Gasteiger partial charge in [-0.2, -0.15) is 0 Å². The molecule has 1 aliphatic heterocycles. The molecule has 2 aromatic rings. The van der Waals surface area contributed by atoms with E-state index in [0.29, 0.717) is 6.54 Å². The van der Waals surface area contributed by atoms with Crippen LogP contribution in [0, 0.1) is 0 Å². The van der Waals surface area contributed by atoms with Crippen molar-refractivity contribution < 1.29 is 4.79 Å². The lowest BCUT2D eigenvalue weighted by atomic mass is 9.91. The van der Waals surface area contributed by atoms with E-state index in [9.17, 15) is 4.79 Å². The highest BCUT2D eigenvalue weighted by Gasteiger charge is 2.48. The van der Waals surface area contributed by atoms with Gasteiger partial charge in [-0.3, -0.25) is 9.69 Å². The van der Waals surface area contributed by atoms with E-state index >= 15 is 0 Å². The number of nitrogens with zero attached hydrogens (tertiary/aromatic N) is 1. The number of benzene rings is 2. The van der Waals surface area contributed by atoms with Gasteiger partial charge in [0.1, 0.15) is 5.54 Å². The fourth-order valence-electron chi connectivity index (χ4n) is 4.28. The van der Waals surface area contributed by atoms with Crippen molar-refractivity contribution in [3.05, 3.63) is 68.1 Å². The van der Waals surface area contributed by atoms with E-state index in [2.05, 4.69) is 71.7 Å². The average Bonchev–Trinajstić information content (AvgIpc) is 3.07. The van der Waals surface area contributed by atoms with Gasteiger partial charge in [0.05, 0.1) is 0 Å². The minimum Gasteiger partial charge on any atom is -0.350 e. The lowest BCUT2D eigenvalue weighted by Gasteiger charge is -2.42. The van der Waals surface area contributed by atoms with Gasteiger partial charge in [-0.05, 0) is 34.9 Å². The average molecular weight is 566 g/mol. The van der Waals surface area contributed by atoms with E-state index in [0.717, 1.165) is 53.5 Å². The van der Waals surface area contributed by atoms with Gasteiger partial charge in [0.15, 0.2) is 0 Å². The van der Waals surface area contributed by atoms with Gasteiger partial charge in [-0.25, -0.2) is 0 Å². The Morgan fingerprint density at radius 1 is 1.00 bits per heavy atom. The second kappa shape index (κ2) is 10.6. The minimum atomic E-state index is -0.477. The quantitative estimate of drug-likeness (QED) is 0.586. The fourth-order valence-corrected chi connectivity index (χ4v) is 5.66. The van der Waals surface area contributed by atoms with Crippen LogP contribution in [0.2, 0.25) is 0 Å². The molecule has 2 aromatic carbocycles. The van der Waals surface area contributed by atoms with Crippen LogP contribution in [0.5, 0.6) is 0 Å². The van der Waals surface area contributed by atoms with E-state index in [1.807, 2.05) is 18.2 Å². The Morgan fingerprint density at radius 3 is 2.10 bits per heavy atom. The monoisotopic (exact) mass is 563 g/mol. The summed E-state index contributed by atoms with van der Waals surface area (Å²) in [4.78, 5) is 15.9. The van der Waals surface area contributed by atoms with Gasteiger partial charge < -0.3 is 10.6 Å². The van der Waals surface area contributed by atoms with Gasteiger partial charge in [-0.15, -0.1) is 24.8 Å². The van der Waals surface area contributed by atoms with Crippen molar-refractivity contribution in [3.8, 4) is 0 Å². The summed E-state index contributed by atoms with van der Waals surface area (Å²) in [6.07, 6.45) is 1.58. The highest BCUT2D eigenvalue weighted by Crippen LogP contribution is 2.35. The number of piperazine rings is 1. The molecule has 4 rings (SSSR count). The van der Waals surface area contributed by atoms with Crippen LogP contribution < -0.4 is 10.6 Å². The zero-order valence-corrected chi connectivity index (χ0v) is 20.7. The molecule has 8 heteroatoms. The summed E-state index contributed by atoms with van der Waals surface area (Å²) in [6, 6.07) is 14.6. The number of halogens is 4. The standard InChI is InChI=1S/C21H23Br2N3O.2ClH/c22-18-9-15(10-19(23)11-18)14-25-20(27)21(26-7-5-24-6-8-26)12-16-3-1-2-4-17(16)13-21;;/h1-4,9-11,24H,5-8,12-14H2,(H,25,27);2*1H. The molecule has 1 heterocycles. The van der Waals surface area contributed by atoms with Gasteiger partial charge in [-0.1, -0.05) is 56.1 Å². The van der Waals surface area contributed by atoms with Crippen LogP contribution in [0.3, 0.4) is 0 Å². The Hall–Kier alpha value is -0.630. The van der Waals surface area contributed by atoms with Crippen LogP contribution in [0.1, 0.15) is 16.7 Å². The van der Waals surface area contributed by atoms with Crippen molar-refractivity contribution in [2.24, 2.45) is 0 Å². The number of nitrogens with one attached hydrogen (secondary N) is 2. The van der Waals surface area contributed by atoms with Crippen LogP contribution in [0.15, 0.2) is 51.4 Å². The molecule has 0 aromatic heterocycles. The van der Waals surface area contributed by atoms with Gasteiger partial charge in [0, 0.05) is 54.5 Å². The molecule has 0 radical (unpaired) electrons. The summed E-state index contributed by atoms with van der Waals surface area (Å²) in [6.45, 7) is 4.21. The van der Waals surface area contributed by atoms with E-state index in [1.165, 1.54) is 11.1 Å². The number of rotatable bonds is 4. The van der Waals surface area contributed by atoms with Crippen molar-refractivity contribution in [3.63, 3.8) is 0 Å². The maximum Gasteiger partial charge on any atom is 0.241 e. The third-order valence-corrected chi connectivity index (χ3v) is 6.52. The molecule has 1 fully saturated rings. The lowest BCUT2D eigenvalue weighted by molar-refractivity contribution is -0.134. The third-order valence-electron chi connectivity index (χ3n) is 5.60. The zero-order chi connectivity index (χ0) is 18.9. The summed E-state index contributed by atoms with van der Waals surface area (Å²) < 4.78 is 2.01. The highest BCUT2D eigenvalue weighted by atomic mass is 79.9. The predicted octanol–water partition coefficient (Wildman–Crippen LogP) is 4.11. The molecule has 2 N–H and O–H groups in total. The Labute approximate surface area is 201 Å². The molecular formula is C21H25Br2Cl2N3O. The number of carbonyl (C=O) groups is 1. The fraction of sp³-hybridized carbons (Fsp3) is 0.381. The first-order valence-electron chi connectivity index (χ1n) is 9.33. The molecule has 158 valence electrons. The molecule has 1 amide bonds. The molecule has 1 aliphatic carbocycles. The van der Waals surface area contributed by atoms with Gasteiger partial charge >= 0.3 is 0 Å². The van der Waals surface area contributed by atoms with E-state index in [4.69, 9.17) is 0 Å². The summed E-state index contributed by atoms with van der Waals surface area (Å²) in [5, 5.41) is 6.63. The maximum atomic E-state index is 13.5. The van der Waals surface area contributed by atoms with E-state index in [1.54, 1.807) is 0 Å².